The molecule has 0 saturated heterocycles. The number of hydrogen-bond donors (Lipinski definition) is 2. The van der Waals surface area contributed by atoms with Gasteiger partial charge in [-0.2, -0.15) is 0 Å². The lowest BCUT2D eigenvalue weighted by Crippen LogP contribution is -2.26. The number of rotatable bonds is 9. The maximum Gasteiger partial charge on any atom is 0.335 e. The van der Waals surface area contributed by atoms with E-state index in [0.29, 0.717) is 13.0 Å². The van der Waals surface area contributed by atoms with E-state index in [4.69, 9.17) is 14.6 Å². The molecule has 0 spiro atoms. The maximum absolute atomic E-state index is 12.5. The second kappa shape index (κ2) is 9.36. The van der Waals surface area contributed by atoms with Gasteiger partial charge in [0.05, 0.1) is 30.3 Å². The highest BCUT2D eigenvalue weighted by Gasteiger charge is 2.24. The monoisotopic (exact) mass is 388 g/mol. The molecule has 0 aliphatic heterocycles. The summed E-state index contributed by atoms with van der Waals surface area (Å²) in [5, 5.41) is 22.9. The van der Waals surface area contributed by atoms with Gasteiger partial charge in [-0.25, -0.2) is 4.79 Å². The second-order valence-electron chi connectivity index (χ2n) is 5.72. The van der Waals surface area contributed by atoms with E-state index in [1.165, 1.54) is 31.4 Å². The Bertz CT molecular complexity index is 879. The van der Waals surface area contributed by atoms with Gasteiger partial charge in [-0.05, 0) is 31.0 Å². The van der Waals surface area contributed by atoms with E-state index < -0.39 is 16.8 Å². The SMILES string of the molecule is CCOc1cc([N+](=O)[O-])c(C(=O)NCCc2ccc(C(=O)O)cc2)cc1OC. The molecule has 0 aromatic heterocycles. The molecule has 2 aromatic carbocycles. The first kappa shape index (κ1) is 20.7. The first-order valence-corrected chi connectivity index (χ1v) is 8.47. The number of nitrogens with zero attached hydrogens (tertiary/aromatic N) is 1. The largest absolute Gasteiger partial charge is 0.493 e. The molecule has 0 radical (unpaired) electrons. The standard InChI is InChI=1S/C19H20N2O7/c1-3-28-17-11-15(21(25)26)14(10-16(17)27-2)18(22)20-9-8-12-4-6-13(7-5-12)19(23)24/h4-7,10-11H,3,8-9H2,1-2H3,(H,20,22)(H,23,24). The third-order valence-corrected chi connectivity index (χ3v) is 3.92. The van der Waals surface area contributed by atoms with Gasteiger partial charge < -0.3 is 19.9 Å². The number of nitrogens with one attached hydrogen (secondary N) is 1. The van der Waals surface area contributed by atoms with Crippen LogP contribution in [0.3, 0.4) is 0 Å². The summed E-state index contributed by atoms with van der Waals surface area (Å²) in [7, 11) is 1.38. The number of hydrogen-bond acceptors (Lipinski definition) is 6. The summed E-state index contributed by atoms with van der Waals surface area (Å²) in [5.41, 5.74) is 0.480. The van der Waals surface area contributed by atoms with Gasteiger partial charge in [-0.3, -0.25) is 14.9 Å². The zero-order valence-electron chi connectivity index (χ0n) is 15.4. The van der Waals surface area contributed by atoms with E-state index in [1.54, 1.807) is 19.1 Å². The van der Waals surface area contributed by atoms with Crippen LogP contribution in [0.1, 0.15) is 33.2 Å². The van der Waals surface area contributed by atoms with Crippen LogP contribution in [-0.2, 0) is 6.42 Å². The van der Waals surface area contributed by atoms with Crippen LogP contribution in [0.5, 0.6) is 11.5 Å². The van der Waals surface area contributed by atoms with Crippen LogP contribution in [0.25, 0.3) is 0 Å². The van der Waals surface area contributed by atoms with Crippen LogP contribution in [0.15, 0.2) is 36.4 Å². The summed E-state index contributed by atoms with van der Waals surface area (Å²) >= 11 is 0. The average molecular weight is 388 g/mol. The number of aromatic carboxylic acids is 1. The van der Waals surface area contributed by atoms with Gasteiger partial charge in [0.1, 0.15) is 5.56 Å². The number of nitro groups is 1. The number of amides is 1. The summed E-state index contributed by atoms with van der Waals surface area (Å²) in [5.74, 6) is -1.22. The number of benzene rings is 2. The van der Waals surface area contributed by atoms with Crippen LogP contribution in [-0.4, -0.2) is 42.2 Å². The highest BCUT2D eigenvalue weighted by molar-refractivity contribution is 5.99. The predicted octanol–water partition coefficient (Wildman–Crippen LogP) is 2.67. The lowest BCUT2D eigenvalue weighted by Gasteiger charge is -2.12. The number of methoxy groups -OCH3 is 1. The molecule has 2 rings (SSSR count). The Balaban J connectivity index is 2.12. The normalized spacial score (nSPS) is 10.2. The molecule has 0 heterocycles. The van der Waals surface area contributed by atoms with E-state index in [2.05, 4.69) is 5.32 Å². The van der Waals surface area contributed by atoms with Crippen molar-refractivity contribution in [3.8, 4) is 11.5 Å². The molecular weight excluding hydrogens is 368 g/mol. The van der Waals surface area contributed by atoms with E-state index >= 15 is 0 Å². The minimum atomic E-state index is -1.02. The molecule has 0 saturated carbocycles. The van der Waals surface area contributed by atoms with Crippen molar-refractivity contribution in [3.63, 3.8) is 0 Å². The van der Waals surface area contributed by atoms with Crippen molar-refractivity contribution in [1.82, 2.24) is 5.32 Å². The predicted molar refractivity (Wildman–Crippen MR) is 100 cm³/mol. The van der Waals surface area contributed by atoms with Gasteiger partial charge in [-0.15, -0.1) is 0 Å². The van der Waals surface area contributed by atoms with E-state index in [-0.39, 0.29) is 34.9 Å². The van der Waals surface area contributed by atoms with Crippen LogP contribution in [0.4, 0.5) is 5.69 Å². The van der Waals surface area contributed by atoms with Crippen molar-refractivity contribution < 1.29 is 29.1 Å². The molecule has 148 valence electrons. The summed E-state index contributed by atoms with van der Waals surface area (Å²) < 4.78 is 10.5. The third kappa shape index (κ3) is 4.97. The maximum atomic E-state index is 12.5. The lowest BCUT2D eigenvalue weighted by molar-refractivity contribution is -0.385. The lowest BCUT2D eigenvalue weighted by atomic mass is 10.1. The Kier molecular flexibility index (Phi) is 6.91. The fourth-order valence-electron chi connectivity index (χ4n) is 2.54. The number of ether oxygens (including phenoxy) is 2. The minimum Gasteiger partial charge on any atom is -0.493 e. The van der Waals surface area contributed by atoms with Crippen molar-refractivity contribution in [2.24, 2.45) is 0 Å². The van der Waals surface area contributed by atoms with E-state index in [9.17, 15) is 19.7 Å². The highest BCUT2D eigenvalue weighted by Crippen LogP contribution is 2.34. The van der Waals surface area contributed by atoms with Crippen molar-refractivity contribution in [1.29, 1.82) is 0 Å². The number of carboxylic acid groups (broad SMARTS) is 1. The van der Waals surface area contributed by atoms with Crippen LogP contribution < -0.4 is 14.8 Å². The molecular formula is C19H20N2O7. The van der Waals surface area contributed by atoms with Crippen LogP contribution in [0.2, 0.25) is 0 Å². The highest BCUT2D eigenvalue weighted by atomic mass is 16.6. The first-order chi connectivity index (χ1) is 13.4. The van der Waals surface area contributed by atoms with Gasteiger partial charge >= 0.3 is 5.97 Å². The number of carbonyl (C=O) groups is 2. The Morgan fingerprint density at radius 1 is 1.18 bits per heavy atom. The zero-order valence-corrected chi connectivity index (χ0v) is 15.4. The average Bonchev–Trinajstić information content (AvgIpc) is 2.68. The molecule has 0 aliphatic rings. The molecule has 2 aromatic rings. The third-order valence-electron chi connectivity index (χ3n) is 3.92. The van der Waals surface area contributed by atoms with Gasteiger partial charge in [0.25, 0.3) is 11.6 Å². The fourth-order valence-corrected chi connectivity index (χ4v) is 2.54. The molecule has 0 fully saturated rings. The Hall–Kier alpha value is -3.62. The molecule has 0 atom stereocenters. The molecule has 9 heteroatoms. The minimum absolute atomic E-state index is 0.133. The Labute approximate surface area is 161 Å². The Morgan fingerprint density at radius 2 is 1.86 bits per heavy atom. The van der Waals surface area contributed by atoms with Crippen molar-refractivity contribution in [2.45, 2.75) is 13.3 Å². The first-order valence-electron chi connectivity index (χ1n) is 8.47. The fraction of sp³-hybridized carbons (Fsp3) is 0.263. The number of carbonyl (C=O) groups excluding carboxylic acids is 1. The van der Waals surface area contributed by atoms with Gasteiger partial charge in [0.15, 0.2) is 11.5 Å². The smallest absolute Gasteiger partial charge is 0.335 e. The van der Waals surface area contributed by atoms with Gasteiger partial charge in [-0.1, -0.05) is 12.1 Å². The van der Waals surface area contributed by atoms with Gasteiger partial charge in [0, 0.05) is 12.6 Å². The van der Waals surface area contributed by atoms with Crippen molar-refractivity contribution >= 4 is 17.6 Å². The van der Waals surface area contributed by atoms with E-state index in [1.807, 2.05) is 0 Å². The molecule has 2 N–H and O–H groups in total. The summed E-state index contributed by atoms with van der Waals surface area (Å²) in [6.07, 6.45) is 0.438. The zero-order chi connectivity index (χ0) is 20.7. The quantitative estimate of drug-likeness (QED) is 0.499. The number of nitro benzene ring substituents is 1. The summed E-state index contributed by atoms with van der Waals surface area (Å²) in [4.78, 5) is 34.0. The molecule has 28 heavy (non-hydrogen) atoms. The Morgan fingerprint density at radius 3 is 2.39 bits per heavy atom. The molecule has 1 amide bonds. The number of carboxylic acids is 1. The molecule has 0 aliphatic carbocycles. The van der Waals surface area contributed by atoms with E-state index in [0.717, 1.165) is 5.56 Å². The summed E-state index contributed by atoms with van der Waals surface area (Å²) in [6.45, 7) is 2.24. The topological polar surface area (TPSA) is 128 Å². The van der Waals surface area contributed by atoms with Crippen molar-refractivity contribution in [2.75, 3.05) is 20.3 Å². The van der Waals surface area contributed by atoms with Crippen molar-refractivity contribution in [3.05, 3.63) is 63.2 Å². The molecule has 0 unspecified atom stereocenters. The molecule has 9 nitrogen and oxygen atoms in total. The van der Waals surface area contributed by atoms with Crippen LogP contribution >= 0.6 is 0 Å². The molecule has 0 bridgehead atoms. The van der Waals surface area contributed by atoms with Gasteiger partial charge in [0.2, 0.25) is 0 Å². The second-order valence-corrected chi connectivity index (χ2v) is 5.72. The van der Waals surface area contributed by atoms with Crippen LogP contribution in [0, 0.1) is 10.1 Å². The summed E-state index contributed by atoms with van der Waals surface area (Å²) in [6, 6.07) is 8.70.